The number of carbonyl (C=O) groups is 2. The first-order chi connectivity index (χ1) is 16.7. The molecule has 0 aliphatic rings. The molecule has 35 heavy (non-hydrogen) atoms. The molecule has 0 aromatic rings. The van der Waals surface area contributed by atoms with E-state index >= 15 is 0 Å². The van der Waals surface area contributed by atoms with Gasteiger partial charge in [0, 0.05) is 12.8 Å². The van der Waals surface area contributed by atoms with Crippen molar-refractivity contribution in [2.45, 2.75) is 116 Å². The van der Waals surface area contributed by atoms with Crippen molar-refractivity contribution in [3.63, 3.8) is 0 Å². The van der Waals surface area contributed by atoms with Crippen molar-refractivity contribution in [2.75, 3.05) is 26.4 Å². The first-order valence-electron chi connectivity index (χ1n) is 13.0. The van der Waals surface area contributed by atoms with Gasteiger partial charge in [-0.2, -0.15) is 0 Å². The van der Waals surface area contributed by atoms with Gasteiger partial charge in [0.25, 0.3) is 0 Å². The Morgan fingerprint density at radius 2 is 1.29 bits per heavy atom. The molecule has 0 heterocycles. The van der Waals surface area contributed by atoms with Gasteiger partial charge in [-0.15, -0.1) is 0 Å². The molecule has 0 saturated heterocycles. The second-order valence-electron chi connectivity index (χ2n) is 8.73. The van der Waals surface area contributed by atoms with E-state index in [4.69, 9.17) is 19.1 Å². The third-order valence-electron chi connectivity index (χ3n) is 5.23. The highest BCUT2D eigenvalue weighted by Crippen LogP contribution is 2.43. The molecule has 0 spiro atoms. The number of hydrogen-bond donors (Lipinski definition) is 3. The SMILES string of the molecule is CCCCCCCCCCCCCC(=O)OC[C@H](COP(=O)(O)OC[C@@H](O)CO)OC(=O)CCC. The zero-order valence-corrected chi connectivity index (χ0v) is 22.4. The molecule has 0 fully saturated rings. The minimum absolute atomic E-state index is 0.138. The Kier molecular flexibility index (Phi) is 21.5. The molecule has 0 aliphatic heterocycles. The minimum atomic E-state index is -4.56. The molecule has 0 rings (SSSR count). The van der Waals surface area contributed by atoms with E-state index in [1.807, 2.05) is 0 Å². The molecule has 0 aliphatic carbocycles. The molecule has 0 bridgehead atoms. The number of unbranched alkanes of at least 4 members (excludes halogenated alkanes) is 10. The lowest BCUT2D eigenvalue weighted by atomic mass is 10.1. The number of aliphatic hydroxyl groups is 2. The normalized spacial score (nSPS) is 14.8. The molecule has 3 N–H and O–H groups in total. The number of ether oxygens (including phenoxy) is 2. The number of aliphatic hydroxyl groups excluding tert-OH is 2. The van der Waals surface area contributed by atoms with Gasteiger partial charge in [-0.05, 0) is 12.8 Å². The maximum absolute atomic E-state index is 12.0. The lowest BCUT2D eigenvalue weighted by Gasteiger charge is -2.20. The number of phosphoric ester groups is 1. The lowest BCUT2D eigenvalue weighted by molar-refractivity contribution is -0.161. The van der Waals surface area contributed by atoms with E-state index in [1.165, 1.54) is 44.9 Å². The highest BCUT2D eigenvalue weighted by atomic mass is 31.2. The van der Waals surface area contributed by atoms with Crippen molar-refractivity contribution in [1.29, 1.82) is 0 Å². The molecular formula is C24H47O10P. The van der Waals surface area contributed by atoms with Gasteiger partial charge < -0.3 is 24.6 Å². The second-order valence-corrected chi connectivity index (χ2v) is 10.2. The Labute approximate surface area is 210 Å². The van der Waals surface area contributed by atoms with Crippen LogP contribution >= 0.6 is 7.82 Å². The monoisotopic (exact) mass is 526 g/mol. The Balaban J connectivity index is 4.19. The summed E-state index contributed by atoms with van der Waals surface area (Å²) in [5.41, 5.74) is 0. The van der Waals surface area contributed by atoms with E-state index in [2.05, 4.69) is 11.4 Å². The zero-order chi connectivity index (χ0) is 26.4. The van der Waals surface area contributed by atoms with Crippen LogP contribution in [0.1, 0.15) is 104 Å². The Morgan fingerprint density at radius 3 is 1.83 bits per heavy atom. The van der Waals surface area contributed by atoms with Crippen LogP contribution in [0.3, 0.4) is 0 Å². The average molecular weight is 527 g/mol. The summed E-state index contributed by atoms with van der Waals surface area (Å²) in [6.07, 6.45) is 11.4. The zero-order valence-electron chi connectivity index (χ0n) is 21.5. The van der Waals surface area contributed by atoms with E-state index in [-0.39, 0.29) is 19.4 Å². The van der Waals surface area contributed by atoms with Crippen LogP contribution in [0.15, 0.2) is 0 Å². The van der Waals surface area contributed by atoms with Crippen molar-refractivity contribution in [1.82, 2.24) is 0 Å². The van der Waals surface area contributed by atoms with Gasteiger partial charge in [-0.3, -0.25) is 18.6 Å². The molecule has 1 unspecified atom stereocenters. The van der Waals surface area contributed by atoms with Crippen LogP contribution in [0, 0.1) is 0 Å². The fourth-order valence-electron chi connectivity index (χ4n) is 3.20. The summed E-state index contributed by atoms with van der Waals surface area (Å²) in [5, 5.41) is 17.9. The van der Waals surface area contributed by atoms with Crippen molar-refractivity contribution in [3.8, 4) is 0 Å². The van der Waals surface area contributed by atoms with Crippen LogP contribution in [0.5, 0.6) is 0 Å². The van der Waals surface area contributed by atoms with Gasteiger partial charge in [-0.1, -0.05) is 78.1 Å². The third kappa shape index (κ3) is 21.9. The predicted molar refractivity (Wildman–Crippen MR) is 132 cm³/mol. The Bertz CT molecular complexity index is 587. The van der Waals surface area contributed by atoms with Crippen molar-refractivity contribution < 1.29 is 47.8 Å². The largest absolute Gasteiger partial charge is 0.472 e. The van der Waals surface area contributed by atoms with Gasteiger partial charge in [0.15, 0.2) is 6.10 Å². The Hall–Kier alpha value is -1.03. The molecule has 0 aromatic heterocycles. The standard InChI is InChI=1S/C24H47O10P/c1-3-5-6-7-8-9-10-11-12-13-14-16-23(27)31-19-22(34-24(28)15-4-2)20-33-35(29,30)32-18-21(26)17-25/h21-22,25-26H,3-20H2,1-2H3,(H,29,30)/t21-,22+/m0/s1. The molecule has 208 valence electrons. The summed E-state index contributed by atoms with van der Waals surface area (Å²) < 4.78 is 31.6. The van der Waals surface area contributed by atoms with E-state index in [0.29, 0.717) is 12.8 Å². The summed E-state index contributed by atoms with van der Waals surface area (Å²) in [5.74, 6) is -0.987. The molecule has 0 aromatic carbocycles. The van der Waals surface area contributed by atoms with Crippen LogP contribution in [0.2, 0.25) is 0 Å². The first kappa shape index (κ1) is 34.0. The maximum atomic E-state index is 12.0. The van der Waals surface area contributed by atoms with Gasteiger partial charge in [0.2, 0.25) is 0 Å². The molecule has 3 atom stereocenters. The topological polar surface area (TPSA) is 149 Å². The quantitative estimate of drug-likeness (QED) is 0.0936. The van der Waals surface area contributed by atoms with Crippen molar-refractivity contribution in [2.24, 2.45) is 0 Å². The van der Waals surface area contributed by atoms with Gasteiger partial charge >= 0.3 is 19.8 Å². The summed E-state index contributed by atoms with van der Waals surface area (Å²) >= 11 is 0. The highest BCUT2D eigenvalue weighted by Gasteiger charge is 2.27. The molecular weight excluding hydrogens is 479 g/mol. The second kappa shape index (κ2) is 22.2. The molecule has 10 nitrogen and oxygen atoms in total. The van der Waals surface area contributed by atoms with Crippen LogP contribution in [-0.2, 0) is 32.7 Å². The number of carbonyl (C=O) groups excluding carboxylic acids is 2. The molecule has 0 radical (unpaired) electrons. The molecule has 11 heteroatoms. The van der Waals surface area contributed by atoms with Gasteiger partial charge in [0.1, 0.15) is 12.7 Å². The van der Waals surface area contributed by atoms with Crippen LogP contribution in [-0.4, -0.2) is 65.7 Å². The van der Waals surface area contributed by atoms with Crippen LogP contribution < -0.4 is 0 Å². The first-order valence-corrected chi connectivity index (χ1v) is 14.5. The van der Waals surface area contributed by atoms with Gasteiger partial charge in [0.05, 0.1) is 19.8 Å². The highest BCUT2D eigenvalue weighted by molar-refractivity contribution is 7.47. The number of hydrogen-bond acceptors (Lipinski definition) is 9. The number of esters is 2. The van der Waals surface area contributed by atoms with Crippen molar-refractivity contribution >= 4 is 19.8 Å². The fraction of sp³-hybridized carbons (Fsp3) is 0.917. The number of phosphoric acid groups is 1. The maximum Gasteiger partial charge on any atom is 0.472 e. The number of rotatable bonds is 24. The summed E-state index contributed by atoms with van der Waals surface area (Å²) in [7, 11) is -4.56. The van der Waals surface area contributed by atoms with Crippen LogP contribution in [0.4, 0.5) is 0 Å². The molecule has 0 saturated carbocycles. The smallest absolute Gasteiger partial charge is 0.462 e. The van der Waals surface area contributed by atoms with E-state index in [9.17, 15) is 24.2 Å². The summed E-state index contributed by atoms with van der Waals surface area (Å²) in [4.78, 5) is 33.5. The Morgan fingerprint density at radius 1 is 0.743 bits per heavy atom. The van der Waals surface area contributed by atoms with E-state index < -0.39 is 51.8 Å². The fourth-order valence-corrected chi connectivity index (χ4v) is 3.99. The predicted octanol–water partition coefficient (Wildman–Crippen LogP) is 4.43. The summed E-state index contributed by atoms with van der Waals surface area (Å²) in [6.45, 7) is 1.90. The van der Waals surface area contributed by atoms with Crippen molar-refractivity contribution in [3.05, 3.63) is 0 Å². The molecule has 0 amide bonds. The minimum Gasteiger partial charge on any atom is -0.462 e. The van der Waals surface area contributed by atoms with Gasteiger partial charge in [-0.25, -0.2) is 4.57 Å². The average Bonchev–Trinajstić information content (AvgIpc) is 2.82. The lowest BCUT2D eigenvalue weighted by Crippen LogP contribution is -2.29. The van der Waals surface area contributed by atoms with E-state index in [0.717, 1.165) is 19.3 Å². The van der Waals surface area contributed by atoms with E-state index in [1.54, 1.807) is 6.92 Å². The third-order valence-corrected chi connectivity index (χ3v) is 6.18. The van der Waals surface area contributed by atoms with Crippen LogP contribution in [0.25, 0.3) is 0 Å². The summed E-state index contributed by atoms with van der Waals surface area (Å²) in [6, 6.07) is 0.